The zero-order valence-electron chi connectivity index (χ0n) is 16.0. The first-order valence-corrected chi connectivity index (χ1v) is 10.8. The van der Waals surface area contributed by atoms with Crippen LogP contribution in [0.5, 0.6) is 0 Å². The van der Waals surface area contributed by atoms with E-state index in [0.717, 1.165) is 11.3 Å². The summed E-state index contributed by atoms with van der Waals surface area (Å²) in [7, 11) is 0. The van der Waals surface area contributed by atoms with Gasteiger partial charge in [-0.25, -0.2) is 0 Å². The molecule has 0 spiro atoms. The second-order valence-electron chi connectivity index (χ2n) is 6.61. The molecular weight excluding hydrogens is 501 g/mol. The van der Waals surface area contributed by atoms with Crippen molar-refractivity contribution in [1.29, 1.82) is 0 Å². The molecule has 0 bridgehead atoms. The van der Waals surface area contributed by atoms with Crippen LogP contribution in [0.1, 0.15) is 36.3 Å². The number of carbonyl (C=O) groups is 1. The van der Waals surface area contributed by atoms with Gasteiger partial charge >= 0.3 is 0 Å². The normalized spacial score (nSPS) is 12.2. The smallest absolute Gasteiger partial charge is 0.250 e. The van der Waals surface area contributed by atoms with Gasteiger partial charge in [0.15, 0.2) is 5.82 Å². The minimum absolute atomic E-state index is 0.213. The van der Waals surface area contributed by atoms with Crippen LogP contribution in [0.2, 0.25) is 15.1 Å². The van der Waals surface area contributed by atoms with Gasteiger partial charge in [-0.1, -0.05) is 47.8 Å². The number of nitrogens with zero attached hydrogens (tertiary/aromatic N) is 4. The Labute approximate surface area is 192 Å². The molecule has 0 fully saturated rings. The number of anilines is 1. The molecule has 6 nitrogen and oxygen atoms in total. The number of carbonyl (C=O) groups excluding carboxylic acids is 1. The number of hydrogen-bond donors (Lipinski definition) is 1. The van der Waals surface area contributed by atoms with Crippen molar-refractivity contribution < 1.29 is 4.79 Å². The first-order chi connectivity index (χ1) is 13.7. The van der Waals surface area contributed by atoms with E-state index in [4.69, 9.17) is 34.8 Å². The van der Waals surface area contributed by atoms with E-state index in [1.807, 2.05) is 26.8 Å². The molecule has 10 heteroatoms. The number of amides is 1. The molecule has 29 heavy (non-hydrogen) atoms. The Morgan fingerprint density at radius 3 is 2.52 bits per heavy atom. The fraction of sp³-hybridized carbons (Fsp3) is 0.316. The molecule has 0 saturated heterocycles. The first-order valence-electron chi connectivity index (χ1n) is 8.90. The highest BCUT2D eigenvalue weighted by Crippen LogP contribution is 2.27. The Hall–Kier alpha value is -1.54. The summed E-state index contributed by atoms with van der Waals surface area (Å²) in [5, 5.41) is 13.3. The molecule has 2 aromatic heterocycles. The minimum Gasteiger partial charge on any atom is -0.306 e. The van der Waals surface area contributed by atoms with Crippen LogP contribution in [0.15, 0.2) is 28.9 Å². The maximum Gasteiger partial charge on any atom is 0.250 e. The molecule has 0 aliphatic rings. The largest absolute Gasteiger partial charge is 0.306 e. The summed E-state index contributed by atoms with van der Waals surface area (Å²) in [6, 6.07) is 4.92. The molecule has 3 rings (SSSR count). The lowest BCUT2D eigenvalue weighted by Gasteiger charge is -2.16. The van der Waals surface area contributed by atoms with Crippen molar-refractivity contribution in [2.75, 3.05) is 5.32 Å². The zero-order chi connectivity index (χ0) is 21.3. The molecule has 1 amide bonds. The first kappa shape index (κ1) is 22.2. The van der Waals surface area contributed by atoms with E-state index in [9.17, 15) is 4.79 Å². The predicted octanol–water partition coefficient (Wildman–Crippen LogP) is 6.06. The molecule has 3 aromatic rings. The third-order valence-corrected chi connectivity index (χ3v) is 6.37. The lowest BCUT2D eigenvalue weighted by atomic mass is 10.2. The SMILES string of the molecule is CCC(C(=O)Nc1nn(Cc2ccc(Cl)c(Cl)c2)cc1Br)n1nc(C)c(Cl)c1C. The van der Waals surface area contributed by atoms with Crippen molar-refractivity contribution in [3.63, 3.8) is 0 Å². The molecule has 1 unspecified atom stereocenters. The number of hydrogen-bond acceptors (Lipinski definition) is 3. The monoisotopic (exact) mass is 517 g/mol. The van der Waals surface area contributed by atoms with Crippen molar-refractivity contribution in [3.05, 3.63) is 60.9 Å². The van der Waals surface area contributed by atoms with Crippen molar-refractivity contribution in [2.45, 2.75) is 39.8 Å². The van der Waals surface area contributed by atoms with Crippen molar-refractivity contribution in [2.24, 2.45) is 0 Å². The van der Waals surface area contributed by atoms with Gasteiger partial charge in [0.25, 0.3) is 0 Å². The van der Waals surface area contributed by atoms with Crippen molar-refractivity contribution >= 4 is 62.5 Å². The fourth-order valence-corrected chi connectivity index (χ4v) is 3.86. The van der Waals surface area contributed by atoms with Crippen LogP contribution in [0.4, 0.5) is 5.82 Å². The third kappa shape index (κ3) is 4.79. The summed E-state index contributed by atoms with van der Waals surface area (Å²) < 4.78 is 4.04. The highest BCUT2D eigenvalue weighted by atomic mass is 79.9. The average Bonchev–Trinajstić information content (AvgIpc) is 3.13. The van der Waals surface area contributed by atoms with Crippen LogP contribution in [0, 0.1) is 13.8 Å². The van der Waals surface area contributed by atoms with Crippen LogP contribution in [0.3, 0.4) is 0 Å². The van der Waals surface area contributed by atoms with Gasteiger partial charge in [-0.3, -0.25) is 14.2 Å². The Bertz CT molecular complexity index is 1060. The minimum atomic E-state index is -0.492. The fourth-order valence-electron chi connectivity index (χ4n) is 3.00. The van der Waals surface area contributed by atoms with Crippen LogP contribution >= 0.6 is 50.7 Å². The predicted molar refractivity (Wildman–Crippen MR) is 120 cm³/mol. The number of nitrogens with one attached hydrogen (secondary N) is 1. The van der Waals surface area contributed by atoms with Crippen LogP contribution in [0.25, 0.3) is 0 Å². The van der Waals surface area contributed by atoms with Crippen LogP contribution < -0.4 is 5.32 Å². The number of aromatic nitrogens is 4. The third-order valence-electron chi connectivity index (χ3n) is 4.51. The lowest BCUT2D eigenvalue weighted by Crippen LogP contribution is -2.27. The molecule has 1 N–H and O–H groups in total. The summed E-state index contributed by atoms with van der Waals surface area (Å²) in [5.41, 5.74) is 2.40. The Kier molecular flexibility index (Phi) is 6.94. The standard InChI is InChI=1S/C19H19BrCl3N5O/c1-4-16(28-11(3)17(23)10(2)25-28)19(29)24-18-13(20)9-27(26-18)8-12-5-6-14(21)15(22)7-12/h5-7,9,16H,4,8H2,1-3H3,(H,24,26,29). The summed E-state index contributed by atoms with van der Waals surface area (Å²) in [6.45, 7) is 6.07. The zero-order valence-corrected chi connectivity index (χ0v) is 19.9. The van der Waals surface area contributed by atoms with Crippen LogP contribution in [-0.4, -0.2) is 25.5 Å². The molecule has 1 aromatic carbocycles. The maximum atomic E-state index is 12.9. The topological polar surface area (TPSA) is 64.7 Å². The van der Waals surface area contributed by atoms with E-state index < -0.39 is 6.04 Å². The molecule has 2 heterocycles. The van der Waals surface area contributed by atoms with E-state index in [2.05, 4.69) is 31.4 Å². The van der Waals surface area contributed by atoms with E-state index in [-0.39, 0.29) is 5.91 Å². The van der Waals surface area contributed by atoms with E-state index in [1.54, 1.807) is 27.7 Å². The van der Waals surface area contributed by atoms with E-state index in [0.29, 0.717) is 44.0 Å². The molecule has 0 aliphatic heterocycles. The van der Waals surface area contributed by atoms with Gasteiger partial charge in [0.05, 0.1) is 37.5 Å². The summed E-state index contributed by atoms with van der Waals surface area (Å²) >= 11 is 21.7. The van der Waals surface area contributed by atoms with E-state index in [1.165, 1.54) is 0 Å². The van der Waals surface area contributed by atoms with Gasteiger partial charge in [0, 0.05) is 6.20 Å². The van der Waals surface area contributed by atoms with Gasteiger partial charge in [-0.05, 0) is 53.9 Å². The van der Waals surface area contributed by atoms with Gasteiger partial charge < -0.3 is 5.32 Å². The highest BCUT2D eigenvalue weighted by Gasteiger charge is 2.24. The van der Waals surface area contributed by atoms with Crippen molar-refractivity contribution in [3.8, 4) is 0 Å². The summed E-state index contributed by atoms with van der Waals surface area (Å²) in [5.74, 6) is 0.219. The second kappa shape index (κ2) is 9.08. The Balaban J connectivity index is 1.78. The van der Waals surface area contributed by atoms with Gasteiger partial charge in [-0.15, -0.1) is 0 Å². The van der Waals surface area contributed by atoms with E-state index >= 15 is 0 Å². The molecule has 0 radical (unpaired) electrons. The lowest BCUT2D eigenvalue weighted by molar-refractivity contribution is -0.119. The summed E-state index contributed by atoms with van der Waals surface area (Å²) in [6.07, 6.45) is 2.35. The quantitative estimate of drug-likeness (QED) is 0.431. The Morgan fingerprint density at radius 2 is 1.93 bits per heavy atom. The molecule has 0 aliphatic carbocycles. The molecule has 0 saturated carbocycles. The van der Waals surface area contributed by atoms with Crippen LogP contribution in [-0.2, 0) is 11.3 Å². The number of halogens is 4. The van der Waals surface area contributed by atoms with Gasteiger partial charge in [0.2, 0.25) is 5.91 Å². The maximum absolute atomic E-state index is 12.9. The highest BCUT2D eigenvalue weighted by molar-refractivity contribution is 9.10. The average molecular weight is 520 g/mol. The number of rotatable bonds is 6. The molecule has 1 atom stereocenters. The Morgan fingerprint density at radius 1 is 1.21 bits per heavy atom. The second-order valence-corrected chi connectivity index (χ2v) is 8.66. The number of benzene rings is 1. The summed E-state index contributed by atoms with van der Waals surface area (Å²) in [4.78, 5) is 12.9. The molecule has 154 valence electrons. The van der Waals surface area contributed by atoms with Gasteiger partial charge in [-0.2, -0.15) is 10.2 Å². The van der Waals surface area contributed by atoms with Crippen molar-refractivity contribution in [1.82, 2.24) is 19.6 Å². The van der Waals surface area contributed by atoms with Gasteiger partial charge in [0.1, 0.15) is 6.04 Å². The number of aryl methyl sites for hydroxylation is 1. The molecular formula is C19H19BrCl3N5O.